The molecule has 2 aliphatic heterocycles. The fraction of sp³-hybridized carbons (Fsp3) is 0.370. The van der Waals surface area contributed by atoms with Crippen LogP contribution >= 0.6 is 0 Å². The molecule has 1 aromatic carbocycles. The van der Waals surface area contributed by atoms with Gasteiger partial charge in [-0.3, -0.25) is 9.78 Å². The fourth-order valence-electron chi connectivity index (χ4n) is 4.88. The van der Waals surface area contributed by atoms with E-state index in [1.807, 2.05) is 43.1 Å². The Kier molecular flexibility index (Phi) is 5.52. The van der Waals surface area contributed by atoms with Crippen LogP contribution < -0.4 is 9.80 Å². The molecule has 4 heterocycles. The third kappa shape index (κ3) is 4.30. The van der Waals surface area contributed by atoms with Gasteiger partial charge in [-0.2, -0.15) is 0 Å². The zero-order chi connectivity index (χ0) is 23.1. The summed E-state index contributed by atoms with van der Waals surface area (Å²) in [6.45, 7) is 7.36. The molecule has 2 aliphatic rings. The number of nitrogens with zero attached hydrogens (tertiary/aromatic N) is 5. The number of hydrogen-bond donors (Lipinski definition) is 0. The van der Waals surface area contributed by atoms with Crippen molar-refractivity contribution < 1.29 is 4.79 Å². The average molecular weight is 442 g/mol. The van der Waals surface area contributed by atoms with Crippen molar-refractivity contribution in [2.45, 2.75) is 33.4 Å². The predicted octanol–water partition coefficient (Wildman–Crippen LogP) is 4.20. The van der Waals surface area contributed by atoms with E-state index in [2.05, 4.69) is 58.2 Å². The topological polar surface area (TPSA) is 52.6 Å². The Hall–Kier alpha value is -3.41. The third-order valence-electron chi connectivity index (χ3n) is 6.79. The molecule has 0 saturated carbocycles. The van der Waals surface area contributed by atoms with E-state index in [0.717, 1.165) is 30.3 Å². The first-order valence-corrected chi connectivity index (χ1v) is 11.6. The summed E-state index contributed by atoms with van der Waals surface area (Å²) in [5.41, 5.74) is 8.15. The highest BCUT2D eigenvalue weighted by atomic mass is 16.2. The summed E-state index contributed by atoms with van der Waals surface area (Å²) >= 11 is 0. The van der Waals surface area contributed by atoms with E-state index in [-0.39, 0.29) is 5.91 Å². The minimum Gasteiger partial charge on any atom is -0.371 e. The van der Waals surface area contributed by atoms with Gasteiger partial charge in [-0.1, -0.05) is 12.1 Å². The number of aromatic nitrogens is 2. The normalized spacial score (nSPS) is 15.4. The van der Waals surface area contributed by atoms with Crippen LogP contribution in [0, 0.1) is 19.8 Å². The zero-order valence-electron chi connectivity index (χ0n) is 19.9. The van der Waals surface area contributed by atoms with E-state index < -0.39 is 0 Å². The quantitative estimate of drug-likeness (QED) is 0.594. The standard InChI is InChI=1S/C27H31N5O/c1-18-11-19(2)29-25-17-32(16-24(18)25)27(33)12-20-14-31(15-20)23-7-5-21(6-8-23)22-9-10-28-26(13-22)30(3)4/h5-11,13,20H,12,14-17H2,1-4H3. The van der Waals surface area contributed by atoms with Gasteiger partial charge in [-0.05, 0) is 66.4 Å². The molecular weight excluding hydrogens is 410 g/mol. The molecule has 1 saturated heterocycles. The summed E-state index contributed by atoms with van der Waals surface area (Å²) in [4.78, 5) is 28.3. The van der Waals surface area contributed by atoms with E-state index in [1.165, 1.54) is 27.9 Å². The molecule has 3 aromatic rings. The second-order valence-corrected chi connectivity index (χ2v) is 9.57. The van der Waals surface area contributed by atoms with Crippen LogP contribution in [0.15, 0.2) is 48.7 Å². The molecule has 1 fully saturated rings. The Bertz CT molecular complexity index is 1180. The molecule has 6 nitrogen and oxygen atoms in total. The van der Waals surface area contributed by atoms with Crippen molar-refractivity contribution in [3.8, 4) is 11.1 Å². The van der Waals surface area contributed by atoms with Gasteiger partial charge in [0.05, 0.1) is 12.2 Å². The van der Waals surface area contributed by atoms with E-state index in [0.29, 0.717) is 25.4 Å². The van der Waals surface area contributed by atoms with Crippen molar-refractivity contribution in [1.82, 2.24) is 14.9 Å². The summed E-state index contributed by atoms with van der Waals surface area (Å²) < 4.78 is 0. The van der Waals surface area contributed by atoms with Gasteiger partial charge in [-0.15, -0.1) is 0 Å². The first kappa shape index (κ1) is 21.4. The van der Waals surface area contributed by atoms with Gasteiger partial charge < -0.3 is 14.7 Å². The first-order chi connectivity index (χ1) is 15.9. The van der Waals surface area contributed by atoms with Crippen LogP contribution in [0.1, 0.15) is 28.9 Å². The maximum absolute atomic E-state index is 12.9. The SMILES string of the molecule is Cc1cc(C)c2c(n1)CN(C(=O)CC1CN(c3ccc(-c4ccnc(N(C)C)c4)cc3)C1)C2. The number of carbonyl (C=O) groups excluding carboxylic acids is 1. The van der Waals surface area contributed by atoms with Gasteiger partial charge in [0, 0.05) is 63.6 Å². The second kappa shape index (κ2) is 8.50. The van der Waals surface area contributed by atoms with E-state index in [1.54, 1.807) is 0 Å². The van der Waals surface area contributed by atoms with Crippen molar-refractivity contribution in [3.05, 3.63) is 71.2 Å². The van der Waals surface area contributed by atoms with Gasteiger partial charge in [0.15, 0.2) is 0 Å². The number of rotatable bonds is 5. The van der Waals surface area contributed by atoms with Crippen LogP contribution in [0.5, 0.6) is 0 Å². The molecule has 0 radical (unpaired) electrons. The Morgan fingerprint density at radius 3 is 2.52 bits per heavy atom. The highest BCUT2D eigenvalue weighted by Gasteiger charge is 2.32. The molecule has 33 heavy (non-hydrogen) atoms. The lowest BCUT2D eigenvalue weighted by atomic mass is 9.94. The molecule has 1 amide bonds. The van der Waals surface area contributed by atoms with Crippen LogP contribution in [0.2, 0.25) is 0 Å². The minimum absolute atomic E-state index is 0.249. The van der Waals surface area contributed by atoms with Crippen LogP contribution in [0.25, 0.3) is 11.1 Å². The smallest absolute Gasteiger partial charge is 0.223 e. The molecule has 6 heteroatoms. The molecule has 0 spiro atoms. The first-order valence-electron chi connectivity index (χ1n) is 11.6. The Balaban J connectivity index is 1.16. The molecule has 170 valence electrons. The summed E-state index contributed by atoms with van der Waals surface area (Å²) in [5, 5.41) is 0. The highest BCUT2D eigenvalue weighted by molar-refractivity contribution is 5.78. The maximum atomic E-state index is 12.9. The Morgan fingerprint density at radius 2 is 1.79 bits per heavy atom. The van der Waals surface area contributed by atoms with Crippen LogP contribution in [0.3, 0.4) is 0 Å². The van der Waals surface area contributed by atoms with E-state index in [4.69, 9.17) is 0 Å². The monoisotopic (exact) mass is 441 g/mol. The van der Waals surface area contributed by atoms with Crippen LogP contribution in [-0.4, -0.2) is 48.0 Å². The number of benzene rings is 1. The number of anilines is 2. The summed E-state index contributed by atoms with van der Waals surface area (Å²) in [5.74, 6) is 1.62. The summed E-state index contributed by atoms with van der Waals surface area (Å²) in [7, 11) is 4.00. The maximum Gasteiger partial charge on any atom is 0.223 e. The molecule has 5 rings (SSSR count). The summed E-state index contributed by atoms with van der Waals surface area (Å²) in [6.07, 6.45) is 2.47. The van der Waals surface area contributed by atoms with Gasteiger partial charge in [0.1, 0.15) is 5.82 Å². The van der Waals surface area contributed by atoms with Gasteiger partial charge in [-0.25, -0.2) is 4.98 Å². The van der Waals surface area contributed by atoms with Crippen molar-refractivity contribution in [3.63, 3.8) is 0 Å². The molecule has 0 N–H and O–H groups in total. The summed E-state index contributed by atoms with van der Waals surface area (Å²) in [6, 6.07) is 15.0. The van der Waals surface area contributed by atoms with Crippen molar-refractivity contribution in [2.24, 2.45) is 5.92 Å². The molecule has 0 bridgehead atoms. The predicted molar refractivity (Wildman–Crippen MR) is 132 cm³/mol. The zero-order valence-corrected chi connectivity index (χ0v) is 19.9. The minimum atomic E-state index is 0.249. The largest absolute Gasteiger partial charge is 0.371 e. The Labute approximate surface area is 195 Å². The highest BCUT2D eigenvalue weighted by Crippen LogP contribution is 2.31. The lowest BCUT2D eigenvalue weighted by Crippen LogP contribution is -2.48. The number of carbonyl (C=O) groups is 1. The lowest BCUT2D eigenvalue weighted by Gasteiger charge is -2.41. The van der Waals surface area contributed by atoms with Crippen molar-refractivity contribution in [1.29, 1.82) is 0 Å². The van der Waals surface area contributed by atoms with Crippen molar-refractivity contribution in [2.75, 3.05) is 37.0 Å². The number of aryl methyl sites for hydroxylation is 2. The second-order valence-electron chi connectivity index (χ2n) is 9.57. The fourth-order valence-corrected chi connectivity index (χ4v) is 4.88. The number of hydrogen-bond acceptors (Lipinski definition) is 5. The molecule has 2 aromatic heterocycles. The molecule has 0 unspecified atom stereocenters. The molecule has 0 aliphatic carbocycles. The average Bonchev–Trinajstić information content (AvgIpc) is 3.21. The molecular formula is C27H31N5O. The van der Waals surface area contributed by atoms with E-state index >= 15 is 0 Å². The Morgan fingerprint density at radius 1 is 1.03 bits per heavy atom. The number of pyridine rings is 2. The molecule has 0 atom stereocenters. The van der Waals surface area contributed by atoms with Gasteiger partial charge >= 0.3 is 0 Å². The van der Waals surface area contributed by atoms with Crippen LogP contribution in [0.4, 0.5) is 11.5 Å². The number of amides is 1. The number of fused-ring (bicyclic) bond motifs is 1. The van der Waals surface area contributed by atoms with Gasteiger partial charge in [0.2, 0.25) is 5.91 Å². The third-order valence-corrected chi connectivity index (χ3v) is 6.79. The van der Waals surface area contributed by atoms with Crippen LogP contribution in [-0.2, 0) is 17.9 Å². The lowest BCUT2D eigenvalue weighted by molar-refractivity contribution is -0.133. The van der Waals surface area contributed by atoms with Crippen molar-refractivity contribution >= 4 is 17.4 Å². The van der Waals surface area contributed by atoms with E-state index in [9.17, 15) is 4.79 Å². The van der Waals surface area contributed by atoms with Gasteiger partial charge in [0.25, 0.3) is 0 Å².